The van der Waals surface area contributed by atoms with Gasteiger partial charge in [-0.15, -0.1) is 0 Å². The number of hydrogen-bond donors (Lipinski definition) is 0. The fourth-order valence-electron chi connectivity index (χ4n) is 1.40. The lowest BCUT2D eigenvalue weighted by Crippen LogP contribution is -2.42. The second kappa shape index (κ2) is 3.44. The van der Waals surface area contributed by atoms with Crippen LogP contribution in [0.15, 0.2) is 0 Å². The van der Waals surface area contributed by atoms with Gasteiger partial charge in [0, 0.05) is 0 Å². The van der Waals surface area contributed by atoms with Gasteiger partial charge in [0.1, 0.15) is 18.1 Å². The molecular formula is C8H18NO2S+. The summed E-state index contributed by atoms with van der Waals surface area (Å²) in [6.45, 7) is 2.82. The van der Waals surface area contributed by atoms with Gasteiger partial charge in [-0.3, -0.25) is 4.21 Å². The molecule has 0 aromatic rings. The highest BCUT2D eigenvalue weighted by atomic mass is 32.2. The molecule has 72 valence electrons. The summed E-state index contributed by atoms with van der Waals surface area (Å²) in [5.41, 5.74) is -0.0680. The highest BCUT2D eigenvalue weighted by molar-refractivity contribution is 7.85. The molecule has 3 nitrogen and oxygen atoms in total. The maximum atomic E-state index is 11.2. The molecule has 12 heavy (non-hydrogen) atoms. The molecule has 0 aromatic carbocycles. The van der Waals surface area contributed by atoms with Crippen molar-refractivity contribution in [1.29, 1.82) is 0 Å². The summed E-state index contributed by atoms with van der Waals surface area (Å²) in [4.78, 5) is 0. The van der Waals surface area contributed by atoms with Crippen molar-refractivity contribution in [3.63, 3.8) is 0 Å². The highest BCUT2D eigenvalue weighted by Gasteiger charge is 2.32. The largest absolute Gasteiger partial charge is 0.355 e. The van der Waals surface area contributed by atoms with Gasteiger partial charge in [0.2, 0.25) is 0 Å². The predicted octanol–water partition coefficient (Wildman–Crippen LogP) is 0.186. The standard InChI is InChI=1S/C8H18NO2S/c1-7-11-8(6-12(7)10)5-9(2,3)4/h7-8H,5-6H2,1-4H3/q+1/t7-,8-,12?/m0/s1. The Morgan fingerprint density at radius 2 is 2.08 bits per heavy atom. The lowest BCUT2D eigenvalue weighted by atomic mass is 10.3. The molecule has 0 saturated carbocycles. The van der Waals surface area contributed by atoms with Crippen molar-refractivity contribution in [3.8, 4) is 0 Å². The monoisotopic (exact) mass is 192 g/mol. The van der Waals surface area contributed by atoms with Gasteiger partial charge >= 0.3 is 0 Å². The third kappa shape index (κ3) is 2.84. The Hall–Kier alpha value is 0.0700. The topological polar surface area (TPSA) is 26.3 Å². The van der Waals surface area contributed by atoms with Crippen LogP contribution in [0.25, 0.3) is 0 Å². The van der Waals surface area contributed by atoms with Crippen LogP contribution in [-0.2, 0) is 15.5 Å². The summed E-state index contributed by atoms with van der Waals surface area (Å²) in [7, 11) is 5.60. The van der Waals surface area contributed by atoms with Gasteiger partial charge in [0.15, 0.2) is 0 Å². The molecule has 0 radical (unpaired) electrons. The van der Waals surface area contributed by atoms with Gasteiger partial charge in [-0.05, 0) is 6.92 Å². The lowest BCUT2D eigenvalue weighted by Gasteiger charge is -2.26. The van der Waals surface area contributed by atoms with E-state index < -0.39 is 10.8 Å². The van der Waals surface area contributed by atoms with Crippen molar-refractivity contribution < 1.29 is 13.4 Å². The van der Waals surface area contributed by atoms with E-state index in [2.05, 4.69) is 21.1 Å². The molecule has 0 spiro atoms. The van der Waals surface area contributed by atoms with E-state index in [1.807, 2.05) is 6.92 Å². The van der Waals surface area contributed by atoms with Gasteiger partial charge in [-0.1, -0.05) is 0 Å². The van der Waals surface area contributed by atoms with Crippen LogP contribution in [0.1, 0.15) is 6.92 Å². The number of hydrogen-bond acceptors (Lipinski definition) is 2. The smallest absolute Gasteiger partial charge is 0.130 e. The van der Waals surface area contributed by atoms with Gasteiger partial charge < -0.3 is 9.22 Å². The molecule has 0 bridgehead atoms. The third-order valence-electron chi connectivity index (χ3n) is 1.86. The fourth-order valence-corrected chi connectivity index (χ4v) is 2.50. The summed E-state index contributed by atoms with van der Waals surface area (Å²) in [6.07, 6.45) is 0.181. The van der Waals surface area contributed by atoms with Crippen LogP contribution < -0.4 is 0 Å². The van der Waals surface area contributed by atoms with Crippen molar-refractivity contribution in [2.75, 3.05) is 33.4 Å². The third-order valence-corrected chi connectivity index (χ3v) is 3.41. The van der Waals surface area contributed by atoms with Crippen LogP contribution in [0, 0.1) is 0 Å². The van der Waals surface area contributed by atoms with Crippen molar-refractivity contribution in [2.45, 2.75) is 18.5 Å². The van der Waals surface area contributed by atoms with Gasteiger partial charge in [-0.2, -0.15) is 0 Å². The number of rotatable bonds is 2. The maximum Gasteiger partial charge on any atom is 0.130 e. The zero-order chi connectivity index (χ0) is 9.35. The van der Waals surface area contributed by atoms with E-state index in [4.69, 9.17) is 4.74 Å². The SMILES string of the molecule is C[C@H]1O[C@@H](C[N+](C)(C)C)CS1=O. The number of quaternary nitrogens is 1. The van der Waals surface area contributed by atoms with Crippen LogP contribution in [-0.4, -0.2) is 53.7 Å². The Morgan fingerprint density at radius 1 is 1.50 bits per heavy atom. The molecule has 3 atom stereocenters. The van der Waals surface area contributed by atoms with E-state index in [1.165, 1.54) is 0 Å². The molecule has 1 saturated heterocycles. The highest BCUT2D eigenvalue weighted by Crippen LogP contribution is 2.16. The molecule has 1 fully saturated rings. The molecule has 1 aliphatic rings. The Balaban J connectivity index is 2.43. The summed E-state index contributed by atoms with van der Waals surface area (Å²) in [5.74, 6) is 0.705. The Bertz CT molecular complexity index is 188. The molecule has 0 amide bonds. The minimum Gasteiger partial charge on any atom is -0.355 e. The van der Waals surface area contributed by atoms with E-state index in [1.54, 1.807) is 0 Å². The summed E-state index contributed by atoms with van der Waals surface area (Å²) in [5, 5.41) is 0. The molecule has 0 aromatic heterocycles. The first-order valence-corrected chi connectivity index (χ1v) is 5.60. The molecule has 4 heteroatoms. The minimum absolute atomic E-state index is 0.0680. The molecule has 1 heterocycles. The van der Waals surface area contributed by atoms with E-state index in [9.17, 15) is 4.21 Å². The number of ether oxygens (including phenoxy) is 1. The fraction of sp³-hybridized carbons (Fsp3) is 1.00. The summed E-state index contributed by atoms with van der Waals surface area (Å²) >= 11 is 0. The van der Waals surface area contributed by atoms with Crippen LogP contribution in [0.2, 0.25) is 0 Å². The zero-order valence-electron chi connectivity index (χ0n) is 8.24. The second-order valence-corrected chi connectivity index (χ2v) is 6.10. The van der Waals surface area contributed by atoms with Crippen molar-refractivity contribution in [3.05, 3.63) is 0 Å². The molecule has 1 unspecified atom stereocenters. The average molecular weight is 192 g/mol. The van der Waals surface area contributed by atoms with Crippen molar-refractivity contribution >= 4 is 10.8 Å². The van der Waals surface area contributed by atoms with Crippen molar-refractivity contribution in [1.82, 2.24) is 0 Å². The quantitative estimate of drug-likeness (QED) is 0.584. The van der Waals surface area contributed by atoms with E-state index >= 15 is 0 Å². The average Bonchev–Trinajstić information content (AvgIpc) is 2.07. The van der Waals surface area contributed by atoms with E-state index in [-0.39, 0.29) is 11.5 Å². The van der Waals surface area contributed by atoms with Gasteiger partial charge in [-0.25, -0.2) is 0 Å². The van der Waals surface area contributed by atoms with Crippen LogP contribution in [0.5, 0.6) is 0 Å². The molecular weight excluding hydrogens is 174 g/mol. The van der Waals surface area contributed by atoms with Gasteiger partial charge in [0.25, 0.3) is 0 Å². The maximum absolute atomic E-state index is 11.2. The van der Waals surface area contributed by atoms with Crippen LogP contribution in [0.3, 0.4) is 0 Å². The van der Waals surface area contributed by atoms with E-state index in [0.717, 1.165) is 11.0 Å². The molecule has 0 aliphatic carbocycles. The molecule has 1 aliphatic heterocycles. The molecule has 1 rings (SSSR count). The second-order valence-electron chi connectivity index (χ2n) is 4.35. The van der Waals surface area contributed by atoms with Crippen molar-refractivity contribution in [2.24, 2.45) is 0 Å². The predicted molar refractivity (Wildman–Crippen MR) is 50.2 cm³/mol. The summed E-state index contributed by atoms with van der Waals surface area (Å²) < 4.78 is 17.7. The van der Waals surface area contributed by atoms with E-state index in [0.29, 0.717) is 5.75 Å². The normalized spacial score (nSPS) is 37.2. The number of nitrogens with zero attached hydrogens (tertiary/aromatic N) is 1. The Labute approximate surface area is 76.7 Å². The Morgan fingerprint density at radius 3 is 2.42 bits per heavy atom. The Kier molecular flexibility index (Phi) is 2.91. The zero-order valence-corrected chi connectivity index (χ0v) is 9.06. The first-order valence-electron chi connectivity index (χ1n) is 4.21. The minimum atomic E-state index is -0.765. The van der Waals surface area contributed by atoms with Crippen LogP contribution in [0.4, 0.5) is 0 Å². The molecule has 0 N–H and O–H groups in total. The summed E-state index contributed by atoms with van der Waals surface area (Å²) in [6, 6.07) is 0. The first-order chi connectivity index (χ1) is 5.38. The number of likely N-dealkylation sites (N-methyl/N-ethyl adjacent to an activating group) is 1. The van der Waals surface area contributed by atoms with Gasteiger partial charge in [0.05, 0.1) is 37.7 Å². The lowest BCUT2D eigenvalue weighted by molar-refractivity contribution is -0.873. The first kappa shape index (κ1) is 10.2. The van der Waals surface area contributed by atoms with Crippen LogP contribution >= 0.6 is 0 Å².